The van der Waals surface area contributed by atoms with E-state index in [0.29, 0.717) is 0 Å². The highest BCUT2D eigenvalue weighted by Crippen LogP contribution is 2.07. The Bertz CT molecular complexity index is 657. The van der Waals surface area contributed by atoms with E-state index in [9.17, 15) is 0 Å². The van der Waals surface area contributed by atoms with Gasteiger partial charge in [-0.15, -0.1) is 0 Å². The maximum absolute atomic E-state index is 8.35. The molecule has 0 saturated heterocycles. The molecular formula is C18H17N5O5. The fourth-order valence-electron chi connectivity index (χ4n) is 1.43. The zero-order valence-corrected chi connectivity index (χ0v) is 14.5. The van der Waals surface area contributed by atoms with Crippen LogP contribution in [-0.2, 0) is 30.4 Å². The Kier molecular flexibility index (Phi) is 37.6. The quantitative estimate of drug-likeness (QED) is 0.390. The van der Waals surface area contributed by atoms with Crippen molar-refractivity contribution < 1.29 is 24.0 Å². The molecule has 2 aromatic rings. The molecule has 5 N–H and O–H groups in total. The van der Waals surface area contributed by atoms with Crippen molar-refractivity contribution in [3.05, 3.63) is 71.8 Å². The van der Waals surface area contributed by atoms with Crippen LogP contribution in [0.4, 0.5) is 0 Å². The molecule has 10 nitrogen and oxygen atoms in total. The van der Waals surface area contributed by atoms with E-state index in [1.165, 1.54) is 11.1 Å². The molecule has 0 aliphatic carbocycles. The largest absolute Gasteiger partial charge is 0.231 e. The lowest BCUT2D eigenvalue weighted by atomic mass is 10.1. The Hall–Kier alpha value is -4.66. The maximum atomic E-state index is 8.35. The number of benzene rings is 2. The van der Waals surface area contributed by atoms with Crippen molar-refractivity contribution in [1.29, 1.82) is 27.0 Å². The molecule has 0 radical (unpaired) electrons. The van der Waals surface area contributed by atoms with Crippen LogP contribution in [0.25, 0.3) is 0 Å². The standard InChI is InChI=1S/C13H12.5CHNO/c1-3-7-12(8-4-1)11-13-9-5-2-6-10-13;5*2-1-3/h1-10H,11H2;5*2H. The van der Waals surface area contributed by atoms with E-state index in [-0.39, 0.29) is 0 Å². The van der Waals surface area contributed by atoms with Crippen molar-refractivity contribution in [1.82, 2.24) is 0 Å². The summed E-state index contributed by atoms with van der Waals surface area (Å²) in [6, 6.07) is 21.1. The molecular weight excluding hydrogens is 366 g/mol. The molecule has 0 amide bonds. The third-order valence-corrected chi connectivity index (χ3v) is 2.09. The minimum Gasteiger partial charge on any atom is -0.222 e. The van der Waals surface area contributed by atoms with Gasteiger partial charge in [0.25, 0.3) is 0 Å². The van der Waals surface area contributed by atoms with Crippen LogP contribution in [0.1, 0.15) is 11.1 Å². The van der Waals surface area contributed by atoms with Crippen molar-refractivity contribution in [2.45, 2.75) is 6.42 Å². The fourth-order valence-corrected chi connectivity index (χ4v) is 1.43. The van der Waals surface area contributed by atoms with Crippen molar-refractivity contribution in [2.24, 2.45) is 0 Å². The van der Waals surface area contributed by atoms with Crippen LogP contribution in [-0.4, -0.2) is 30.4 Å². The molecule has 144 valence electrons. The molecule has 0 aliphatic rings. The van der Waals surface area contributed by atoms with E-state index in [1.54, 1.807) is 0 Å². The number of hydrogen-bond donors (Lipinski definition) is 5. The number of carbonyl (C=O) groups excluding carboxylic acids is 5. The third kappa shape index (κ3) is 37.5. The highest BCUT2D eigenvalue weighted by atomic mass is 16.1. The first-order valence-corrected chi connectivity index (χ1v) is 6.80. The predicted molar refractivity (Wildman–Crippen MR) is 97.8 cm³/mol. The van der Waals surface area contributed by atoms with Gasteiger partial charge < -0.3 is 0 Å². The summed E-state index contributed by atoms with van der Waals surface area (Å²) in [7, 11) is 0. The van der Waals surface area contributed by atoms with Gasteiger partial charge in [-0.3, -0.25) is 0 Å². The Morgan fingerprint density at radius 2 is 0.643 bits per heavy atom. The lowest BCUT2D eigenvalue weighted by Gasteiger charge is -2.00. The van der Waals surface area contributed by atoms with Crippen molar-refractivity contribution in [3.63, 3.8) is 0 Å². The molecule has 0 unspecified atom stereocenters. The highest BCUT2D eigenvalue weighted by molar-refractivity contribution is 5.27. The molecule has 10 heteroatoms. The summed E-state index contributed by atoms with van der Waals surface area (Å²) >= 11 is 0. The Morgan fingerprint density at radius 3 is 0.821 bits per heavy atom. The first-order valence-electron chi connectivity index (χ1n) is 6.80. The Balaban J connectivity index is -0.000000160. The summed E-state index contributed by atoms with van der Waals surface area (Å²) in [5, 5.41) is 27.0. The van der Waals surface area contributed by atoms with E-state index in [2.05, 4.69) is 60.7 Å². The molecule has 0 aliphatic heterocycles. The summed E-state index contributed by atoms with van der Waals surface area (Å²) in [6.45, 7) is 0. The second kappa shape index (κ2) is 33.8. The van der Waals surface area contributed by atoms with Gasteiger partial charge in [-0.05, 0) is 17.5 Å². The number of hydrogen-bond acceptors (Lipinski definition) is 10. The van der Waals surface area contributed by atoms with Crippen LogP contribution in [0.5, 0.6) is 0 Å². The average Bonchev–Trinajstić information content (AvgIpc) is 2.67. The number of nitrogens with one attached hydrogen (secondary N) is 5. The Morgan fingerprint density at radius 1 is 0.464 bits per heavy atom. The van der Waals surface area contributed by atoms with Gasteiger partial charge >= 0.3 is 0 Å². The van der Waals surface area contributed by atoms with Gasteiger partial charge in [0.05, 0.1) is 0 Å². The lowest BCUT2D eigenvalue weighted by Crippen LogP contribution is -1.85. The molecule has 2 rings (SSSR count). The average molecular weight is 383 g/mol. The van der Waals surface area contributed by atoms with Gasteiger partial charge in [0.2, 0.25) is 30.4 Å². The van der Waals surface area contributed by atoms with Gasteiger partial charge in [0.15, 0.2) is 0 Å². The van der Waals surface area contributed by atoms with Gasteiger partial charge in [-0.25, -0.2) is 51.0 Å². The summed E-state index contributed by atoms with van der Waals surface area (Å²) in [4.78, 5) is 41.7. The van der Waals surface area contributed by atoms with Crippen LogP contribution in [0.15, 0.2) is 60.7 Å². The second-order valence-corrected chi connectivity index (χ2v) is 3.66. The monoisotopic (exact) mass is 383 g/mol. The molecule has 0 aromatic heterocycles. The van der Waals surface area contributed by atoms with Crippen molar-refractivity contribution in [3.8, 4) is 0 Å². The van der Waals surface area contributed by atoms with E-state index in [1.807, 2.05) is 0 Å². The normalized spacial score (nSPS) is 6.00. The SMILES string of the molecule is N=C=O.N=C=O.N=C=O.N=C=O.N=C=O.c1ccc(Cc2ccccc2)cc1. The van der Waals surface area contributed by atoms with E-state index in [4.69, 9.17) is 51.0 Å². The summed E-state index contributed by atoms with van der Waals surface area (Å²) < 4.78 is 0. The summed E-state index contributed by atoms with van der Waals surface area (Å²) in [6.07, 6.45) is 4.78. The maximum Gasteiger partial charge on any atom is 0.231 e. The fraction of sp³-hybridized carbons (Fsp3) is 0.0556. The molecule has 28 heavy (non-hydrogen) atoms. The van der Waals surface area contributed by atoms with E-state index < -0.39 is 0 Å². The van der Waals surface area contributed by atoms with Crippen LogP contribution in [0.3, 0.4) is 0 Å². The number of rotatable bonds is 2. The van der Waals surface area contributed by atoms with Crippen molar-refractivity contribution in [2.75, 3.05) is 0 Å². The third-order valence-electron chi connectivity index (χ3n) is 2.09. The zero-order chi connectivity index (χ0) is 22.5. The van der Waals surface area contributed by atoms with Crippen LogP contribution in [0.2, 0.25) is 0 Å². The summed E-state index contributed by atoms with van der Waals surface area (Å²) in [5.74, 6) is 0. The first kappa shape index (κ1) is 31.1. The topological polar surface area (TPSA) is 205 Å². The lowest BCUT2D eigenvalue weighted by molar-refractivity contribution is 0.562. The minimum absolute atomic E-state index is 0.750. The molecule has 0 heterocycles. The van der Waals surface area contributed by atoms with Crippen LogP contribution in [0, 0.1) is 27.0 Å². The minimum atomic E-state index is 0.750. The molecule has 0 bridgehead atoms. The van der Waals surface area contributed by atoms with Gasteiger partial charge in [-0.1, -0.05) is 60.7 Å². The van der Waals surface area contributed by atoms with Gasteiger partial charge in [0, 0.05) is 0 Å². The van der Waals surface area contributed by atoms with Gasteiger partial charge in [0.1, 0.15) is 0 Å². The highest BCUT2D eigenvalue weighted by Gasteiger charge is 1.92. The predicted octanol–water partition coefficient (Wildman–Crippen LogP) is 2.78. The van der Waals surface area contributed by atoms with Crippen LogP contribution < -0.4 is 0 Å². The molecule has 0 atom stereocenters. The first-order chi connectivity index (χ1) is 13.5. The molecule has 0 fully saturated rings. The summed E-state index contributed by atoms with van der Waals surface area (Å²) in [5.41, 5.74) is 2.74. The van der Waals surface area contributed by atoms with Crippen LogP contribution >= 0.6 is 0 Å². The number of isocyanates is 5. The molecule has 0 saturated carbocycles. The van der Waals surface area contributed by atoms with E-state index in [0.717, 1.165) is 36.8 Å². The van der Waals surface area contributed by atoms with E-state index >= 15 is 0 Å². The van der Waals surface area contributed by atoms with Crippen molar-refractivity contribution >= 4 is 30.4 Å². The van der Waals surface area contributed by atoms with Gasteiger partial charge in [-0.2, -0.15) is 0 Å². The molecule has 0 spiro atoms. The zero-order valence-electron chi connectivity index (χ0n) is 14.5. The molecule has 2 aromatic carbocycles. The second-order valence-electron chi connectivity index (χ2n) is 3.66. The Labute approximate surface area is 160 Å². The smallest absolute Gasteiger partial charge is 0.222 e.